The number of amides is 1. The van der Waals surface area contributed by atoms with Crippen molar-refractivity contribution < 1.29 is 4.79 Å². The van der Waals surface area contributed by atoms with E-state index in [1.807, 2.05) is 36.4 Å². The molecule has 2 aliphatic rings. The third-order valence-corrected chi connectivity index (χ3v) is 4.57. The molecular formula is C19H20N4O. The van der Waals surface area contributed by atoms with Crippen molar-refractivity contribution in [2.45, 2.75) is 38.1 Å². The zero-order chi connectivity index (χ0) is 16.4. The first kappa shape index (κ1) is 14.9. The first-order chi connectivity index (χ1) is 11.8. The number of rotatable bonds is 2. The maximum atomic E-state index is 12.1. The second-order valence-corrected chi connectivity index (χ2v) is 6.38. The van der Waals surface area contributed by atoms with E-state index in [4.69, 9.17) is 0 Å². The van der Waals surface area contributed by atoms with Crippen molar-refractivity contribution in [3.63, 3.8) is 0 Å². The van der Waals surface area contributed by atoms with Crippen LogP contribution < -0.4 is 10.6 Å². The van der Waals surface area contributed by atoms with Crippen LogP contribution in [0.25, 0.3) is 17.0 Å². The Kier molecular flexibility index (Phi) is 3.99. The first-order valence-electron chi connectivity index (χ1n) is 8.51. The summed E-state index contributed by atoms with van der Waals surface area (Å²) in [4.78, 5) is 20.9. The fraction of sp³-hybridized carbons (Fsp3) is 0.316. The van der Waals surface area contributed by atoms with Crippen molar-refractivity contribution in [1.29, 1.82) is 0 Å². The fourth-order valence-electron chi connectivity index (χ4n) is 3.32. The quantitative estimate of drug-likeness (QED) is 0.836. The third-order valence-electron chi connectivity index (χ3n) is 4.57. The molecule has 1 amide bonds. The number of fused-ring (bicyclic) bond motifs is 1. The molecule has 122 valence electrons. The Labute approximate surface area is 140 Å². The van der Waals surface area contributed by atoms with Crippen LogP contribution in [0.5, 0.6) is 0 Å². The number of aliphatic imine (C=N–C) groups is 1. The number of nitrogens with zero attached hydrogens (tertiary/aromatic N) is 2. The van der Waals surface area contributed by atoms with E-state index in [0.29, 0.717) is 17.7 Å². The second-order valence-electron chi connectivity index (χ2n) is 6.38. The Morgan fingerprint density at radius 3 is 2.92 bits per heavy atom. The van der Waals surface area contributed by atoms with Crippen molar-refractivity contribution in [2.75, 3.05) is 0 Å². The molecule has 5 heteroatoms. The number of nitrogens with one attached hydrogen (secondary N) is 2. The molecule has 0 spiro atoms. The van der Waals surface area contributed by atoms with Gasteiger partial charge in [0.05, 0.1) is 5.52 Å². The van der Waals surface area contributed by atoms with Gasteiger partial charge in [-0.25, -0.2) is 4.99 Å². The van der Waals surface area contributed by atoms with Crippen molar-refractivity contribution in [3.8, 4) is 0 Å². The Hall–Kier alpha value is -2.69. The van der Waals surface area contributed by atoms with Crippen LogP contribution in [0.15, 0.2) is 47.2 Å². The lowest BCUT2D eigenvalue weighted by atomic mass is 9.96. The van der Waals surface area contributed by atoms with Gasteiger partial charge < -0.3 is 5.32 Å². The van der Waals surface area contributed by atoms with Crippen LogP contribution >= 0.6 is 0 Å². The second kappa shape index (κ2) is 6.43. The normalized spacial score (nSPS) is 20.2. The molecule has 2 N–H and O–H groups in total. The number of carbonyl (C=O) groups excluding carboxylic acids is 1. The van der Waals surface area contributed by atoms with Gasteiger partial charge in [0.1, 0.15) is 5.70 Å². The van der Waals surface area contributed by atoms with Gasteiger partial charge >= 0.3 is 0 Å². The Bertz CT molecular complexity index is 834. The molecule has 1 fully saturated rings. The molecule has 24 heavy (non-hydrogen) atoms. The van der Waals surface area contributed by atoms with Crippen LogP contribution in [0, 0.1) is 0 Å². The van der Waals surface area contributed by atoms with Crippen LogP contribution in [0.4, 0.5) is 0 Å². The van der Waals surface area contributed by atoms with E-state index < -0.39 is 0 Å². The summed E-state index contributed by atoms with van der Waals surface area (Å²) in [6.07, 6.45) is 9.67. The topological polar surface area (TPSA) is 66.4 Å². The number of pyridine rings is 1. The van der Waals surface area contributed by atoms with Crippen LogP contribution in [-0.2, 0) is 4.79 Å². The molecule has 1 aliphatic heterocycles. The highest BCUT2D eigenvalue weighted by atomic mass is 16.2. The molecule has 4 rings (SSSR count). The number of hydrogen-bond acceptors (Lipinski definition) is 4. The summed E-state index contributed by atoms with van der Waals surface area (Å²) >= 11 is 0. The lowest BCUT2D eigenvalue weighted by molar-refractivity contribution is -0.115. The summed E-state index contributed by atoms with van der Waals surface area (Å²) in [5, 5.41) is 7.24. The highest BCUT2D eigenvalue weighted by molar-refractivity contribution is 6.13. The third kappa shape index (κ3) is 3.15. The molecule has 0 atom stereocenters. The summed E-state index contributed by atoms with van der Waals surface area (Å²) in [6, 6.07) is 10.3. The van der Waals surface area contributed by atoms with Crippen LogP contribution in [0.2, 0.25) is 0 Å². The van der Waals surface area contributed by atoms with E-state index in [0.717, 1.165) is 29.3 Å². The van der Waals surface area contributed by atoms with Gasteiger partial charge in [-0.2, -0.15) is 0 Å². The van der Waals surface area contributed by atoms with E-state index in [1.165, 1.54) is 19.3 Å². The summed E-state index contributed by atoms with van der Waals surface area (Å²) < 4.78 is 0. The van der Waals surface area contributed by atoms with Crippen molar-refractivity contribution in [3.05, 3.63) is 47.8 Å². The fourth-order valence-corrected chi connectivity index (χ4v) is 3.32. The monoisotopic (exact) mass is 320 g/mol. The van der Waals surface area contributed by atoms with Crippen LogP contribution in [-0.4, -0.2) is 22.9 Å². The highest BCUT2D eigenvalue weighted by Gasteiger charge is 2.23. The molecular weight excluding hydrogens is 300 g/mol. The number of aromatic nitrogens is 1. The van der Waals surface area contributed by atoms with E-state index in [1.54, 1.807) is 6.20 Å². The summed E-state index contributed by atoms with van der Waals surface area (Å²) in [5.41, 5.74) is 2.33. The summed E-state index contributed by atoms with van der Waals surface area (Å²) in [5.74, 6) is 0.431. The molecule has 0 bridgehead atoms. The standard InChI is InChI=1S/C19H20N4O/c24-18-17(22-19(23-18)21-15-6-2-1-3-7-15)12-13-8-9-16-14(11-13)5-4-10-20-16/h4-5,8-12,15H,1-3,6-7H2,(H2,21,22,23,24)/b17-12-. The van der Waals surface area contributed by atoms with Gasteiger partial charge in [0.25, 0.3) is 5.91 Å². The number of carbonyl (C=O) groups is 1. The van der Waals surface area contributed by atoms with Crippen molar-refractivity contribution in [1.82, 2.24) is 15.6 Å². The SMILES string of the molecule is O=C1NC(NC2CCCCC2)=N/C1=C\c1ccc2ncccc2c1. The predicted molar refractivity (Wildman–Crippen MR) is 95.3 cm³/mol. The van der Waals surface area contributed by atoms with E-state index >= 15 is 0 Å². The molecule has 2 heterocycles. The van der Waals surface area contributed by atoms with Gasteiger partial charge in [-0.05, 0) is 42.7 Å². The zero-order valence-corrected chi connectivity index (χ0v) is 13.5. The molecule has 2 aromatic rings. The molecule has 1 aliphatic carbocycles. The maximum absolute atomic E-state index is 12.1. The number of guanidine groups is 1. The smallest absolute Gasteiger partial charge is 0.276 e. The maximum Gasteiger partial charge on any atom is 0.276 e. The molecule has 1 aromatic carbocycles. The zero-order valence-electron chi connectivity index (χ0n) is 13.5. The van der Waals surface area contributed by atoms with Gasteiger partial charge in [0.2, 0.25) is 5.96 Å². The van der Waals surface area contributed by atoms with E-state index in [9.17, 15) is 4.79 Å². The van der Waals surface area contributed by atoms with Gasteiger partial charge in [0, 0.05) is 17.6 Å². The number of benzene rings is 1. The average Bonchev–Trinajstić information content (AvgIpc) is 2.95. The van der Waals surface area contributed by atoms with Gasteiger partial charge in [-0.3, -0.25) is 15.1 Å². The molecule has 0 saturated heterocycles. The first-order valence-corrected chi connectivity index (χ1v) is 8.51. The molecule has 1 saturated carbocycles. The Morgan fingerprint density at radius 2 is 2.04 bits per heavy atom. The van der Waals surface area contributed by atoms with Crippen molar-refractivity contribution in [2.24, 2.45) is 4.99 Å². The van der Waals surface area contributed by atoms with Gasteiger partial charge in [0.15, 0.2) is 0 Å². The summed E-state index contributed by atoms with van der Waals surface area (Å²) in [7, 11) is 0. The lowest BCUT2D eigenvalue weighted by Crippen LogP contribution is -2.43. The molecule has 5 nitrogen and oxygen atoms in total. The minimum absolute atomic E-state index is 0.153. The van der Waals surface area contributed by atoms with Crippen LogP contribution in [0.1, 0.15) is 37.7 Å². The predicted octanol–water partition coefficient (Wildman–Crippen LogP) is 2.98. The average molecular weight is 320 g/mol. The van der Waals surface area contributed by atoms with E-state index in [-0.39, 0.29) is 5.91 Å². The minimum Gasteiger partial charge on any atom is -0.353 e. The summed E-state index contributed by atoms with van der Waals surface area (Å²) in [6.45, 7) is 0. The Morgan fingerprint density at radius 1 is 1.17 bits per heavy atom. The minimum atomic E-state index is -0.153. The van der Waals surface area contributed by atoms with E-state index in [2.05, 4.69) is 20.6 Å². The lowest BCUT2D eigenvalue weighted by Gasteiger charge is -2.23. The highest BCUT2D eigenvalue weighted by Crippen LogP contribution is 2.19. The Balaban J connectivity index is 1.55. The van der Waals surface area contributed by atoms with Crippen LogP contribution in [0.3, 0.4) is 0 Å². The molecule has 1 aromatic heterocycles. The number of hydrogen-bond donors (Lipinski definition) is 2. The van der Waals surface area contributed by atoms with Crippen molar-refractivity contribution >= 4 is 28.8 Å². The van der Waals surface area contributed by atoms with Gasteiger partial charge in [-0.1, -0.05) is 31.4 Å². The van der Waals surface area contributed by atoms with Gasteiger partial charge in [-0.15, -0.1) is 0 Å². The molecule has 0 unspecified atom stereocenters. The molecule has 0 radical (unpaired) electrons. The largest absolute Gasteiger partial charge is 0.353 e.